The molecule has 2 aromatic rings. The van der Waals surface area contributed by atoms with Gasteiger partial charge in [-0.25, -0.2) is 4.79 Å². The first-order valence-electron chi connectivity index (χ1n) is 10.8. The lowest BCUT2D eigenvalue weighted by Crippen LogP contribution is -2.51. The number of anilines is 1. The second-order valence-corrected chi connectivity index (χ2v) is 8.32. The van der Waals surface area contributed by atoms with Crippen LogP contribution in [0.2, 0.25) is 5.02 Å². The minimum Gasteiger partial charge on any atom is -0.454 e. The Balaban J connectivity index is 1.21. The molecule has 0 aliphatic carbocycles. The second-order valence-electron chi connectivity index (χ2n) is 7.88. The summed E-state index contributed by atoms with van der Waals surface area (Å²) in [4.78, 5) is 24.7. The van der Waals surface area contributed by atoms with E-state index in [4.69, 9.17) is 25.8 Å². The van der Waals surface area contributed by atoms with Crippen molar-refractivity contribution in [3.05, 3.63) is 53.1 Å². The van der Waals surface area contributed by atoms with Gasteiger partial charge in [0.25, 0.3) is 5.91 Å². The summed E-state index contributed by atoms with van der Waals surface area (Å²) in [5.41, 5.74) is 1.10. The zero-order valence-electron chi connectivity index (χ0n) is 17.9. The first-order chi connectivity index (χ1) is 16.0. The lowest BCUT2D eigenvalue weighted by Gasteiger charge is -2.36. The van der Waals surface area contributed by atoms with Crippen molar-refractivity contribution in [1.29, 1.82) is 0 Å². The largest absolute Gasteiger partial charge is 0.454 e. The number of aliphatic hydroxyl groups excluding tert-OH is 1. The van der Waals surface area contributed by atoms with E-state index in [1.54, 1.807) is 42.5 Å². The third-order valence-electron chi connectivity index (χ3n) is 5.60. The van der Waals surface area contributed by atoms with Gasteiger partial charge in [-0.2, -0.15) is 0 Å². The van der Waals surface area contributed by atoms with Gasteiger partial charge in [-0.1, -0.05) is 11.6 Å². The van der Waals surface area contributed by atoms with Crippen molar-refractivity contribution in [3.8, 4) is 11.5 Å². The lowest BCUT2D eigenvalue weighted by molar-refractivity contribution is -0.0892. The van der Waals surface area contributed by atoms with Gasteiger partial charge >= 0.3 is 6.03 Å². The fourth-order valence-corrected chi connectivity index (χ4v) is 3.98. The molecule has 0 saturated carbocycles. The smallest absolute Gasteiger partial charge is 0.319 e. The third-order valence-corrected chi connectivity index (χ3v) is 5.85. The number of hydrogen-bond donors (Lipinski definition) is 4. The Morgan fingerprint density at radius 2 is 1.85 bits per heavy atom. The van der Waals surface area contributed by atoms with Crippen LogP contribution in [0.4, 0.5) is 10.5 Å². The molecule has 0 unspecified atom stereocenters. The van der Waals surface area contributed by atoms with E-state index in [-0.39, 0.29) is 37.5 Å². The number of aliphatic hydroxyl groups is 1. The van der Waals surface area contributed by atoms with Gasteiger partial charge in [0.1, 0.15) is 6.10 Å². The number of halogens is 1. The first-order valence-corrected chi connectivity index (χ1v) is 11.2. The molecule has 2 aromatic carbocycles. The Morgan fingerprint density at radius 1 is 1.06 bits per heavy atom. The molecule has 0 radical (unpaired) electrons. The number of hydrogen-bond acceptors (Lipinski definition) is 6. The summed E-state index contributed by atoms with van der Waals surface area (Å²) in [6.07, 6.45) is 1.29. The highest BCUT2D eigenvalue weighted by Gasteiger charge is 2.32. The fourth-order valence-electron chi connectivity index (χ4n) is 3.85. The van der Waals surface area contributed by atoms with E-state index in [1.165, 1.54) is 0 Å². The van der Waals surface area contributed by atoms with Crippen molar-refractivity contribution in [2.24, 2.45) is 0 Å². The van der Waals surface area contributed by atoms with Crippen LogP contribution >= 0.6 is 11.6 Å². The zero-order valence-corrected chi connectivity index (χ0v) is 18.6. The number of urea groups is 1. The van der Waals surface area contributed by atoms with Crippen LogP contribution in [0, 0.1) is 0 Å². The van der Waals surface area contributed by atoms with Gasteiger partial charge in [-0.05, 0) is 61.7 Å². The summed E-state index contributed by atoms with van der Waals surface area (Å²) >= 11 is 5.84. The van der Waals surface area contributed by atoms with E-state index in [1.807, 2.05) is 0 Å². The quantitative estimate of drug-likeness (QED) is 0.489. The van der Waals surface area contributed by atoms with E-state index >= 15 is 0 Å². The number of rotatable bonds is 7. The molecule has 0 spiro atoms. The minimum absolute atomic E-state index is 0.128. The summed E-state index contributed by atoms with van der Waals surface area (Å²) in [7, 11) is 0. The van der Waals surface area contributed by atoms with Gasteiger partial charge in [0, 0.05) is 22.8 Å². The van der Waals surface area contributed by atoms with Crippen molar-refractivity contribution in [2.75, 3.05) is 25.3 Å². The van der Waals surface area contributed by atoms with Crippen LogP contribution in [0.15, 0.2) is 42.5 Å². The normalized spacial score (nSPS) is 21.3. The van der Waals surface area contributed by atoms with E-state index in [2.05, 4.69) is 16.0 Å². The summed E-state index contributed by atoms with van der Waals surface area (Å²) in [5, 5.41) is 18.9. The van der Waals surface area contributed by atoms with Crippen LogP contribution in [-0.4, -0.2) is 55.2 Å². The van der Waals surface area contributed by atoms with Crippen molar-refractivity contribution in [2.45, 2.75) is 37.5 Å². The van der Waals surface area contributed by atoms with E-state index in [0.29, 0.717) is 53.6 Å². The molecule has 3 amide bonds. The van der Waals surface area contributed by atoms with Crippen molar-refractivity contribution in [1.82, 2.24) is 10.6 Å². The van der Waals surface area contributed by atoms with Gasteiger partial charge in [-0.3, -0.25) is 4.79 Å². The Labute approximate surface area is 196 Å². The number of carbonyl (C=O) groups excluding carboxylic acids is 2. The van der Waals surface area contributed by atoms with Crippen LogP contribution in [0.3, 0.4) is 0 Å². The molecule has 2 aliphatic heterocycles. The van der Waals surface area contributed by atoms with Gasteiger partial charge < -0.3 is 35.3 Å². The minimum atomic E-state index is -0.524. The monoisotopic (exact) mass is 475 g/mol. The number of benzene rings is 2. The Bertz CT molecular complexity index is 987. The molecule has 3 atom stereocenters. The molecule has 176 valence electrons. The molecule has 2 heterocycles. The number of nitrogens with one attached hydrogen (secondary N) is 3. The van der Waals surface area contributed by atoms with Crippen molar-refractivity contribution < 1.29 is 28.9 Å². The van der Waals surface area contributed by atoms with Gasteiger partial charge in [0.2, 0.25) is 6.79 Å². The van der Waals surface area contributed by atoms with E-state index in [9.17, 15) is 14.7 Å². The number of fused-ring (bicyclic) bond motifs is 1. The van der Waals surface area contributed by atoms with Crippen molar-refractivity contribution >= 4 is 29.2 Å². The average Bonchev–Trinajstić information content (AvgIpc) is 3.29. The molecule has 2 aliphatic rings. The molecule has 0 aromatic heterocycles. The third kappa shape index (κ3) is 6.07. The maximum Gasteiger partial charge on any atom is 0.319 e. The van der Waals surface area contributed by atoms with Crippen LogP contribution in [0.25, 0.3) is 0 Å². The second kappa shape index (κ2) is 10.7. The predicted octanol–water partition coefficient (Wildman–Crippen LogP) is 2.92. The summed E-state index contributed by atoms with van der Waals surface area (Å²) in [6, 6.07) is 11.2. The zero-order chi connectivity index (χ0) is 23.2. The van der Waals surface area contributed by atoms with Crippen LogP contribution in [0.1, 0.15) is 29.6 Å². The highest BCUT2D eigenvalue weighted by atomic mass is 35.5. The highest BCUT2D eigenvalue weighted by Crippen LogP contribution is 2.32. The first kappa shape index (κ1) is 23.2. The van der Waals surface area contributed by atoms with Gasteiger partial charge in [-0.15, -0.1) is 0 Å². The van der Waals surface area contributed by atoms with Crippen LogP contribution < -0.4 is 25.4 Å². The number of ether oxygens (including phenoxy) is 3. The fraction of sp³-hybridized carbons (Fsp3) is 0.391. The molecule has 1 fully saturated rings. The van der Waals surface area contributed by atoms with Gasteiger partial charge in [0.05, 0.1) is 18.8 Å². The predicted molar refractivity (Wildman–Crippen MR) is 122 cm³/mol. The van der Waals surface area contributed by atoms with Gasteiger partial charge in [0.15, 0.2) is 11.5 Å². The van der Waals surface area contributed by atoms with E-state index < -0.39 is 6.10 Å². The summed E-state index contributed by atoms with van der Waals surface area (Å²) in [6.45, 7) is 0.339. The lowest BCUT2D eigenvalue weighted by atomic mass is 9.96. The standard InChI is InChI=1S/C23H26ClN3O6/c24-15-2-4-16(5-3-15)26-23(30)25-10-9-17-6-7-18(21(12-28)33-17)27-22(29)14-1-8-19-20(11-14)32-13-31-19/h1-5,8,11,17-18,21,28H,6-7,9-10,12-13H2,(H,27,29)(H2,25,26,30)/t17-,18-,21-/m0/s1. The molecule has 4 N–H and O–H groups in total. The Kier molecular flexibility index (Phi) is 7.54. The average molecular weight is 476 g/mol. The summed E-state index contributed by atoms with van der Waals surface area (Å²) < 4.78 is 16.6. The SMILES string of the molecule is O=C(NCC[C@@H]1CC[C@H](NC(=O)c2ccc3c(c2)OCO3)[C@H](CO)O1)Nc1ccc(Cl)cc1. The number of carbonyl (C=O) groups is 2. The maximum absolute atomic E-state index is 12.7. The molecule has 10 heteroatoms. The molecular formula is C23H26ClN3O6. The molecule has 4 rings (SSSR count). The molecule has 33 heavy (non-hydrogen) atoms. The Hall–Kier alpha value is -3.01. The molecule has 9 nitrogen and oxygen atoms in total. The Morgan fingerprint density at radius 3 is 2.64 bits per heavy atom. The molecule has 0 bridgehead atoms. The molecule has 1 saturated heterocycles. The van der Waals surface area contributed by atoms with Crippen molar-refractivity contribution in [3.63, 3.8) is 0 Å². The van der Waals surface area contributed by atoms with Crippen LogP contribution in [0.5, 0.6) is 11.5 Å². The summed E-state index contributed by atoms with van der Waals surface area (Å²) in [5.74, 6) is 0.882. The maximum atomic E-state index is 12.7. The molecular weight excluding hydrogens is 450 g/mol. The number of amides is 3. The van der Waals surface area contributed by atoms with Crippen LogP contribution in [-0.2, 0) is 4.74 Å². The van der Waals surface area contributed by atoms with E-state index in [0.717, 1.165) is 0 Å². The highest BCUT2D eigenvalue weighted by molar-refractivity contribution is 6.30. The topological polar surface area (TPSA) is 118 Å².